The van der Waals surface area contributed by atoms with Crippen molar-refractivity contribution < 1.29 is 4.74 Å². The molecule has 0 radical (unpaired) electrons. The summed E-state index contributed by atoms with van der Waals surface area (Å²) in [7, 11) is 1.78. The smallest absolute Gasteiger partial charge is 0.0477 e. The first-order valence-electron chi connectivity index (χ1n) is 5.09. The molecule has 0 amide bonds. The van der Waals surface area contributed by atoms with Crippen LogP contribution >= 0.6 is 0 Å². The van der Waals surface area contributed by atoms with Crippen LogP contribution < -0.4 is 5.32 Å². The highest BCUT2D eigenvalue weighted by atomic mass is 16.5. The maximum Gasteiger partial charge on any atom is 0.0477 e. The number of rotatable bonds is 4. The second-order valence-corrected chi connectivity index (χ2v) is 3.73. The molecule has 1 aliphatic rings. The van der Waals surface area contributed by atoms with E-state index in [-0.39, 0.29) is 0 Å². The Morgan fingerprint density at radius 3 is 3.00 bits per heavy atom. The molecule has 0 spiro atoms. The second kappa shape index (κ2) is 5.55. The minimum atomic E-state index is 0.712. The van der Waals surface area contributed by atoms with E-state index in [0.717, 1.165) is 12.5 Å². The first-order chi connectivity index (χ1) is 5.86. The molecule has 1 heterocycles. The molecule has 0 aromatic rings. The molecule has 1 rings (SSSR count). The first-order valence-corrected chi connectivity index (χ1v) is 5.09. The van der Waals surface area contributed by atoms with Crippen LogP contribution in [0.4, 0.5) is 0 Å². The van der Waals surface area contributed by atoms with E-state index in [4.69, 9.17) is 4.74 Å². The van der Waals surface area contributed by atoms with Gasteiger partial charge in [0.1, 0.15) is 0 Å². The summed E-state index contributed by atoms with van der Waals surface area (Å²) in [6.45, 7) is 4.39. The fourth-order valence-electron chi connectivity index (χ4n) is 1.95. The predicted molar refractivity (Wildman–Crippen MR) is 51.3 cm³/mol. The largest absolute Gasteiger partial charge is 0.385 e. The van der Waals surface area contributed by atoms with Crippen molar-refractivity contribution in [1.29, 1.82) is 0 Å². The van der Waals surface area contributed by atoms with E-state index >= 15 is 0 Å². The maximum atomic E-state index is 5.07. The molecule has 72 valence electrons. The molecule has 2 heteroatoms. The molecule has 2 nitrogen and oxygen atoms in total. The molecule has 0 aliphatic carbocycles. The molecule has 12 heavy (non-hydrogen) atoms. The summed E-state index contributed by atoms with van der Waals surface area (Å²) in [5.41, 5.74) is 0. The number of piperidine rings is 1. The van der Waals surface area contributed by atoms with Crippen LogP contribution in [-0.2, 0) is 4.74 Å². The van der Waals surface area contributed by atoms with Crippen LogP contribution in [0.3, 0.4) is 0 Å². The Morgan fingerprint density at radius 2 is 2.33 bits per heavy atom. The van der Waals surface area contributed by atoms with Gasteiger partial charge in [-0.05, 0) is 31.7 Å². The van der Waals surface area contributed by atoms with E-state index in [0.29, 0.717) is 6.04 Å². The van der Waals surface area contributed by atoms with E-state index in [1.165, 1.54) is 32.2 Å². The third-order valence-corrected chi connectivity index (χ3v) is 2.85. The third kappa shape index (κ3) is 3.11. The zero-order valence-electron chi connectivity index (χ0n) is 8.31. The van der Waals surface area contributed by atoms with Gasteiger partial charge in [0, 0.05) is 19.8 Å². The van der Waals surface area contributed by atoms with Crippen LogP contribution in [0, 0.1) is 5.92 Å². The van der Waals surface area contributed by atoms with Crippen LogP contribution in [0.15, 0.2) is 0 Å². The van der Waals surface area contributed by atoms with Gasteiger partial charge in [-0.2, -0.15) is 0 Å². The SMILES string of the molecule is CCC1CCNC(CCOC)C1. The molecular formula is C10H21NO. The summed E-state index contributed by atoms with van der Waals surface area (Å²) in [6.07, 6.45) is 5.22. The van der Waals surface area contributed by atoms with E-state index in [2.05, 4.69) is 12.2 Å². The van der Waals surface area contributed by atoms with E-state index < -0.39 is 0 Å². The minimum Gasteiger partial charge on any atom is -0.385 e. The molecule has 2 unspecified atom stereocenters. The lowest BCUT2D eigenvalue weighted by molar-refractivity contribution is 0.167. The van der Waals surface area contributed by atoms with Crippen molar-refractivity contribution in [2.24, 2.45) is 5.92 Å². The number of hydrogen-bond donors (Lipinski definition) is 1. The van der Waals surface area contributed by atoms with Crippen molar-refractivity contribution in [3.8, 4) is 0 Å². The summed E-state index contributed by atoms with van der Waals surface area (Å²) in [6, 6.07) is 0.712. The molecule has 1 fully saturated rings. The van der Waals surface area contributed by atoms with Crippen molar-refractivity contribution in [3.05, 3.63) is 0 Å². The van der Waals surface area contributed by atoms with Gasteiger partial charge in [-0.1, -0.05) is 13.3 Å². The quantitative estimate of drug-likeness (QED) is 0.696. The number of ether oxygens (including phenoxy) is 1. The van der Waals surface area contributed by atoms with Gasteiger partial charge in [-0.3, -0.25) is 0 Å². The number of methoxy groups -OCH3 is 1. The Kier molecular flexibility index (Phi) is 4.62. The van der Waals surface area contributed by atoms with Gasteiger partial charge < -0.3 is 10.1 Å². The predicted octanol–water partition coefficient (Wildman–Crippen LogP) is 1.80. The van der Waals surface area contributed by atoms with Crippen LogP contribution in [0.5, 0.6) is 0 Å². The molecule has 2 atom stereocenters. The van der Waals surface area contributed by atoms with Gasteiger partial charge in [0.05, 0.1) is 0 Å². The summed E-state index contributed by atoms with van der Waals surface area (Å²) in [4.78, 5) is 0. The molecule has 1 N–H and O–H groups in total. The van der Waals surface area contributed by atoms with Crippen molar-refractivity contribution in [2.75, 3.05) is 20.3 Å². The lowest BCUT2D eigenvalue weighted by Gasteiger charge is -2.29. The highest BCUT2D eigenvalue weighted by molar-refractivity contribution is 4.77. The van der Waals surface area contributed by atoms with Crippen LogP contribution in [0.25, 0.3) is 0 Å². The summed E-state index contributed by atoms with van der Waals surface area (Å²) < 4.78 is 5.07. The maximum absolute atomic E-state index is 5.07. The Hall–Kier alpha value is -0.0800. The molecule has 0 aromatic carbocycles. The molecule has 0 aromatic heterocycles. The van der Waals surface area contributed by atoms with Crippen molar-refractivity contribution >= 4 is 0 Å². The average Bonchev–Trinajstić information content (AvgIpc) is 2.15. The van der Waals surface area contributed by atoms with E-state index in [1.54, 1.807) is 7.11 Å². The van der Waals surface area contributed by atoms with Gasteiger partial charge >= 0.3 is 0 Å². The summed E-state index contributed by atoms with van der Waals surface area (Å²) in [5.74, 6) is 0.952. The fraction of sp³-hybridized carbons (Fsp3) is 1.00. The van der Waals surface area contributed by atoms with Crippen LogP contribution in [0.1, 0.15) is 32.6 Å². The lowest BCUT2D eigenvalue weighted by atomic mass is 9.89. The summed E-state index contributed by atoms with van der Waals surface area (Å²) >= 11 is 0. The molecule has 0 saturated carbocycles. The van der Waals surface area contributed by atoms with Crippen molar-refractivity contribution in [1.82, 2.24) is 5.32 Å². The van der Waals surface area contributed by atoms with Gasteiger partial charge in [0.25, 0.3) is 0 Å². The summed E-state index contributed by atoms with van der Waals surface area (Å²) in [5, 5.41) is 3.54. The topological polar surface area (TPSA) is 21.3 Å². The standard InChI is InChI=1S/C10H21NO/c1-3-9-4-6-11-10(8-9)5-7-12-2/h9-11H,3-8H2,1-2H3. The van der Waals surface area contributed by atoms with Gasteiger partial charge in [-0.15, -0.1) is 0 Å². The van der Waals surface area contributed by atoms with Crippen LogP contribution in [0.2, 0.25) is 0 Å². The first kappa shape index (κ1) is 10.0. The normalized spacial score (nSPS) is 30.5. The third-order valence-electron chi connectivity index (χ3n) is 2.85. The minimum absolute atomic E-state index is 0.712. The average molecular weight is 171 g/mol. The van der Waals surface area contributed by atoms with Crippen LogP contribution in [-0.4, -0.2) is 26.3 Å². The van der Waals surface area contributed by atoms with Crippen molar-refractivity contribution in [3.63, 3.8) is 0 Å². The monoisotopic (exact) mass is 171 g/mol. The Morgan fingerprint density at radius 1 is 1.50 bits per heavy atom. The zero-order valence-corrected chi connectivity index (χ0v) is 8.31. The second-order valence-electron chi connectivity index (χ2n) is 3.73. The Labute approximate surface area is 75.7 Å². The molecular weight excluding hydrogens is 150 g/mol. The molecule has 1 saturated heterocycles. The Bertz CT molecular complexity index is 116. The van der Waals surface area contributed by atoms with Gasteiger partial charge in [0.15, 0.2) is 0 Å². The van der Waals surface area contributed by atoms with Crippen molar-refractivity contribution in [2.45, 2.75) is 38.6 Å². The van der Waals surface area contributed by atoms with Gasteiger partial charge in [-0.25, -0.2) is 0 Å². The zero-order chi connectivity index (χ0) is 8.81. The Balaban J connectivity index is 2.16. The molecule has 0 bridgehead atoms. The van der Waals surface area contributed by atoms with Gasteiger partial charge in [0.2, 0.25) is 0 Å². The highest BCUT2D eigenvalue weighted by Gasteiger charge is 2.19. The van der Waals surface area contributed by atoms with E-state index in [1.807, 2.05) is 0 Å². The highest BCUT2D eigenvalue weighted by Crippen LogP contribution is 2.20. The fourth-order valence-corrected chi connectivity index (χ4v) is 1.95. The molecule has 1 aliphatic heterocycles. The lowest BCUT2D eigenvalue weighted by Crippen LogP contribution is -2.38. The van der Waals surface area contributed by atoms with E-state index in [9.17, 15) is 0 Å². The number of hydrogen-bond acceptors (Lipinski definition) is 2. The number of nitrogens with one attached hydrogen (secondary N) is 1.